The molecular formula is C16H24N2O3. The van der Waals surface area contributed by atoms with Gasteiger partial charge in [-0.05, 0) is 25.0 Å². The molecule has 3 N–H and O–H groups in total. The normalized spacial score (nSPS) is 10.8. The van der Waals surface area contributed by atoms with Crippen LogP contribution in [0.5, 0.6) is 5.75 Å². The van der Waals surface area contributed by atoms with Gasteiger partial charge in [-0.2, -0.15) is 0 Å². The highest BCUT2D eigenvalue weighted by Crippen LogP contribution is 2.17. The third-order valence-electron chi connectivity index (χ3n) is 3.35. The molecule has 5 nitrogen and oxygen atoms in total. The van der Waals surface area contributed by atoms with Crippen molar-refractivity contribution in [2.75, 3.05) is 18.5 Å². The first-order valence-corrected chi connectivity index (χ1v) is 7.14. The van der Waals surface area contributed by atoms with Crippen LogP contribution in [0.3, 0.4) is 0 Å². The van der Waals surface area contributed by atoms with E-state index in [2.05, 4.69) is 17.2 Å². The summed E-state index contributed by atoms with van der Waals surface area (Å²) in [6.45, 7) is 8.00. The monoisotopic (exact) mass is 292 g/mol. The zero-order chi connectivity index (χ0) is 15.7. The molecule has 0 aromatic heterocycles. The fourth-order valence-corrected chi connectivity index (χ4v) is 1.74. The van der Waals surface area contributed by atoms with Crippen molar-refractivity contribution in [2.45, 2.75) is 32.3 Å². The van der Waals surface area contributed by atoms with Crippen molar-refractivity contribution in [1.29, 1.82) is 0 Å². The minimum absolute atomic E-state index is 0.221. The lowest BCUT2D eigenvalue weighted by molar-refractivity contribution is 0.0354. The number of hydrogen-bond donors (Lipinski definition) is 3. The highest BCUT2D eigenvalue weighted by molar-refractivity contribution is 5.89. The van der Waals surface area contributed by atoms with E-state index in [-0.39, 0.29) is 12.6 Å². The molecule has 0 saturated heterocycles. The average molecular weight is 292 g/mol. The van der Waals surface area contributed by atoms with Gasteiger partial charge in [0.25, 0.3) is 0 Å². The average Bonchev–Trinajstić information content (AvgIpc) is 2.51. The Balaban J connectivity index is 2.52. The van der Waals surface area contributed by atoms with Gasteiger partial charge in [0.15, 0.2) is 0 Å². The predicted molar refractivity (Wildman–Crippen MR) is 84.7 cm³/mol. The minimum Gasteiger partial charge on any atom is -0.489 e. The number of hydrogen-bond acceptors (Lipinski definition) is 3. The van der Waals surface area contributed by atoms with Crippen LogP contribution < -0.4 is 15.4 Å². The van der Waals surface area contributed by atoms with Crippen LogP contribution in [0.4, 0.5) is 10.5 Å². The first kappa shape index (κ1) is 17.0. The van der Waals surface area contributed by atoms with Crippen molar-refractivity contribution in [3.63, 3.8) is 0 Å². The maximum atomic E-state index is 11.8. The van der Waals surface area contributed by atoms with Gasteiger partial charge in [-0.1, -0.05) is 32.6 Å². The van der Waals surface area contributed by atoms with Crippen molar-refractivity contribution in [3.05, 3.63) is 36.9 Å². The maximum Gasteiger partial charge on any atom is 0.319 e. The number of amides is 2. The second-order valence-electron chi connectivity index (χ2n) is 4.87. The van der Waals surface area contributed by atoms with E-state index in [4.69, 9.17) is 4.74 Å². The number of urea groups is 1. The summed E-state index contributed by atoms with van der Waals surface area (Å²) in [6, 6.07) is 6.75. The van der Waals surface area contributed by atoms with E-state index in [1.807, 2.05) is 13.8 Å². The largest absolute Gasteiger partial charge is 0.489 e. The van der Waals surface area contributed by atoms with Crippen LogP contribution >= 0.6 is 0 Å². The number of aliphatic hydroxyl groups is 1. The summed E-state index contributed by atoms with van der Waals surface area (Å²) >= 11 is 0. The van der Waals surface area contributed by atoms with E-state index in [1.165, 1.54) is 0 Å². The van der Waals surface area contributed by atoms with Crippen LogP contribution in [0, 0.1) is 0 Å². The van der Waals surface area contributed by atoms with Gasteiger partial charge in [-0.25, -0.2) is 4.79 Å². The molecule has 0 aliphatic heterocycles. The van der Waals surface area contributed by atoms with Crippen molar-refractivity contribution in [3.8, 4) is 5.75 Å². The molecule has 1 aromatic carbocycles. The number of carbonyl (C=O) groups excluding carboxylic acids is 1. The quantitative estimate of drug-likeness (QED) is 0.645. The number of rotatable bonds is 8. The molecule has 1 rings (SSSR count). The van der Waals surface area contributed by atoms with E-state index in [1.54, 1.807) is 30.3 Å². The van der Waals surface area contributed by atoms with Gasteiger partial charge < -0.3 is 20.5 Å². The lowest BCUT2D eigenvalue weighted by Crippen LogP contribution is -2.43. The number of anilines is 1. The Bertz CT molecular complexity index is 470. The number of nitrogens with one attached hydrogen (secondary N) is 2. The Labute approximate surface area is 126 Å². The lowest BCUT2D eigenvalue weighted by atomic mass is 9.98. The molecule has 0 radical (unpaired) electrons. The molecule has 5 heteroatoms. The summed E-state index contributed by atoms with van der Waals surface area (Å²) < 4.78 is 5.40. The van der Waals surface area contributed by atoms with Crippen molar-refractivity contribution < 1.29 is 14.6 Å². The Morgan fingerprint density at radius 2 is 2.14 bits per heavy atom. The Morgan fingerprint density at radius 3 is 2.76 bits per heavy atom. The van der Waals surface area contributed by atoms with E-state index in [9.17, 15) is 9.90 Å². The van der Waals surface area contributed by atoms with E-state index >= 15 is 0 Å². The second kappa shape index (κ2) is 8.32. The van der Waals surface area contributed by atoms with Crippen LogP contribution in [-0.4, -0.2) is 29.9 Å². The van der Waals surface area contributed by atoms with Gasteiger partial charge in [-0.3, -0.25) is 0 Å². The molecule has 0 unspecified atom stereocenters. The Morgan fingerprint density at radius 1 is 1.43 bits per heavy atom. The third kappa shape index (κ3) is 5.87. The van der Waals surface area contributed by atoms with Crippen LogP contribution in [0.15, 0.2) is 36.9 Å². The SMILES string of the molecule is C=CCOc1cccc(NC(=O)NCC(O)(CC)CC)c1. The number of ether oxygens (including phenoxy) is 1. The molecule has 2 amide bonds. The topological polar surface area (TPSA) is 70.6 Å². The highest BCUT2D eigenvalue weighted by Gasteiger charge is 2.22. The molecule has 0 heterocycles. The number of carbonyl (C=O) groups is 1. The van der Waals surface area contributed by atoms with Crippen molar-refractivity contribution >= 4 is 11.7 Å². The van der Waals surface area contributed by atoms with Crippen molar-refractivity contribution in [2.24, 2.45) is 0 Å². The molecule has 1 aromatic rings. The first-order chi connectivity index (χ1) is 10.0. The van der Waals surface area contributed by atoms with Crippen LogP contribution in [0.1, 0.15) is 26.7 Å². The fraction of sp³-hybridized carbons (Fsp3) is 0.438. The molecule has 0 spiro atoms. The summed E-state index contributed by atoms with van der Waals surface area (Å²) in [4.78, 5) is 11.8. The van der Waals surface area contributed by atoms with Gasteiger partial charge in [0.2, 0.25) is 0 Å². The Hall–Kier alpha value is -2.01. The van der Waals surface area contributed by atoms with Crippen LogP contribution in [0.25, 0.3) is 0 Å². The molecule has 116 valence electrons. The minimum atomic E-state index is -0.855. The Kier molecular flexibility index (Phi) is 6.75. The molecule has 0 bridgehead atoms. The molecular weight excluding hydrogens is 268 g/mol. The van der Waals surface area contributed by atoms with E-state index in [0.717, 1.165) is 0 Å². The number of benzene rings is 1. The van der Waals surface area contributed by atoms with Gasteiger partial charge in [0.1, 0.15) is 12.4 Å². The standard InChI is InChI=1S/C16H24N2O3/c1-4-10-21-14-9-7-8-13(11-14)18-15(19)17-12-16(20,5-2)6-3/h4,7-9,11,20H,1,5-6,10,12H2,2-3H3,(H2,17,18,19). The summed E-state index contributed by atoms with van der Waals surface area (Å²) in [7, 11) is 0. The lowest BCUT2D eigenvalue weighted by Gasteiger charge is -2.25. The zero-order valence-electron chi connectivity index (χ0n) is 12.7. The summed E-state index contributed by atoms with van der Waals surface area (Å²) in [5.74, 6) is 0.659. The molecule has 21 heavy (non-hydrogen) atoms. The summed E-state index contributed by atoms with van der Waals surface area (Å²) in [6.07, 6.45) is 2.84. The molecule has 0 atom stereocenters. The van der Waals surface area contributed by atoms with Gasteiger partial charge in [0.05, 0.1) is 5.60 Å². The van der Waals surface area contributed by atoms with E-state index in [0.29, 0.717) is 30.9 Å². The van der Waals surface area contributed by atoms with E-state index < -0.39 is 5.60 Å². The van der Waals surface area contributed by atoms with Gasteiger partial charge in [0, 0.05) is 18.3 Å². The second-order valence-corrected chi connectivity index (χ2v) is 4.87. The maximum absolute atomic E-state index is 11.8. The molecule has 0 aliphatic rings. The highest BCUT2D eigenvalue weighted by atomic mass is 16.5. The molecule has 0 saturated carbocycles. The van der Waals surface area contributed by atoms with Gasteiger partial charge in [-0.15, -0.1) is 0 Å². The van der Waals surface area contributed by atoms with Crippen LogP contribution in [0.2, 0.25) is 0 Å². The summed E-state index contributed by atoms with van der Waals surface area (Å²) in [5.41, 5.74) is -0.225. The third-order valence-corrected chi connectivity index (χ3v) is 3.35. The molecule has 0 fully saturated rings. The predicted octanol–water partition coefficient (Wildman–Crippen LogP) is 2.92. The van der Waals surface area contributed by atoms with Crippen molar-refractivity contribution in [1.82, 2.24) is 5.32 Å². The zero-order valence-corrected chi connectivity index (χ0v) is 12.7. The van der Waals surface area contributed by atoms with Gasteiger partial charge >= 0.3 is 6.03 Å². The first-order valence-electron chi connectivity index (χ1n) is 7.14. The fourth-order valence-electron chi connectivity index (χ4n) is 1.74. The van der Waals surface area contributed by atoms with Crippen LogP contribution in [-0.2, 0) is 0 Å². The summed E-state index contributed by atoms with van der Waals surface area (Å²) in [5, 5.41) is 15.5. The smallest absolute Gasteiger partial charge is 0.319 e. The molecule has 0 aliphatic carbocycles.